The number of hydrogen-bond acceptors (Lipinski definition) is 10. The van der Waals surface area contributed by atoms with E-state index < -0.39 is 46.1 Å². The van der Waals surface area contributed by atoms with Crippen molar-refractivity contribution in [3.63, 3.8) is 0 Å². The summed E-state index contributed by atoms with van der Waals surface area (Å²) in [6.45, 7) is 2.00. The third kappa shape index (κ3) is 6.11. The van der Waals surface area contributed by atoms with Crippen molar-refractivity contribution < 1.29 is 37.7 Å². The van der Waals surface area contributed by atoms with Crippen LogP contribution in [-0.2, 0) is 25.1 Å². The Kier molecular flexibility index (Phi) is 8.92. The monoisotopic (exact) mass is 697 g/mol. The van der Waals surface area contributed by atoms with Gasteiger partial charge in [0.05, 0.1) is 29.4 Å². The highest BCUT2D eigenvalue weighted by Gasteiger charge is 2.49. The van der Waals surface area contributed by atoms with E-state index in [0.29, 0.717) is 27.3 Å². The first kappa shape index (κ1) is 33.4. The van der Waals surface area contributed by atoms with E-state index >= 15 is 0 Å². The summed E-state index contributed by atoms with van der Waals surface area (Å²) in [5, 5.41) is 25.0. The zero-order chi connectivity index (χ0) is 34.4. The molecule has 3 atom stereocenters. The number of benzene rings is 1. The van der Waals surface area contributed by atoms with Crippen LogP contribution in [0, 0.1) is 12.3 Å². The second-order valence-corrected chi connectivity index (χ2v) is 14.4. The van der Waals surface area contributed by atoms with Crippen molar-refractivity contribution in [3.05, 3.63) is 54.2 Å². The number of aromatic nitrogens is 5. The molecule has 15 nitrogen and oxygen atoms in total. The molecule has 6 rings (SSSR count). The number of rotatable bonds is 9. The molecule has 4 aromatic rings. The second kappa shape index (κ2) is 12.8. The van der Waals surface area contributed by atoms with Crippen LogP contribution in [0.3, 0.4) is 0 Å². The average molecular weight is 698 g/mol. The van der Waals surface area contributed by atoms with Gasteiger partial charge in [-0.05, 0) is 31.2 Å². The zero-order valence-electron chi connectivity index (χ0n) is 25.9. The standard InChI is InChI=1S/C31H32ClN7O8S/c1-4-9-31(16-37(17-31)48(44,45)5-2)39-15-19(14-35-39)27-22-8-10-38(28(22)34-18-33-27)30(43)36(3)23-11-20(32)6-7-24(23)46-26-13-21(40)12-25(47-26)29(41)42/h1,6-8,10-11,14-15,18,21,25-26,40H,5,9,12-13,16-17H2,2-3H3,(H,41,42)/t21-,25-,26+/m0/s1. The molecule has 2 aliphatic heterocycles. The number of aliphatic hydroxyl groups is 1. The number of amides is 1. The quantitative estimate of drug-likeness (QED) is 0.245. The maximum Gasteiger partial charge on any atom is 0.334 e. The maximum absolute atomic E-state index is 13.9. The molecule has 0 spiro atoms. The van der Waals surface area contributed by atoms with Gasteiger partial charge in [-0.15, -0.1) is 12.3 Å². The van der Waals surface area contributed by atoms with Crippen molar-refractivity contribution in [2.45, 2.75) is 50.2 Å². The first-order valence-electron chi connectivity index (χ1n) is 14.9. The lowest BCUT2D eigenvalue weighted by molar-refractivity contribution is -0.195. The Morgan fingerprint density at radius 1 is 1.25 bits per heavy atom. The molecule has 2 N–H and O–H groups in total. The van der Waals surface area contributed by atoms with Crippen LogP contribution in [0.5, 0.6) is 5.75 Å². The number of terminal acetylenes is 1. The topological polar surface area (TPSA) is 182 Å². The van der Waals surface area contributed by atoms with Crippen molar-refractivity contribution in [2.24, 2.45) is 0 Å². The summed E-state index contributed by atoms with van der Waals surface area (Å²) in [5.74, 6) is 1.60. The van der Waals surface area contributed by atoms with Gasteiger partial charge in [0.15, 0.2) is 11.8 Å². The largest absolute Gasteiger partial charge is 0.479 e. The molecule has 48 heavy (non-hydrogen) atoms. The Morgan fingerprint density at radius 3 is 2.73 bits per heavy atom. The predicted octanol–water partition coefficient (Wildman–Crippen LogP) is 2.77. The Labute approximate surface area is 280 Å². The van der Waals surface area contributed by atoms with Crippen molar-refractivity contribution in [1.29, 1.82) is 0 Å². The lowest BCUT2D eigenvalue weighted by Gasteiger charge is -2.48. The fraction of sp³-hybridized carbons (Fsp3) is 0.387. The molecule has 3 aromatic heterocycles. The highest BCUT2D eigenvalue weighted by Crippen LogP contribution is 2.37. The number of anilines is 1. The van der Waals surface area contributed by atoms with Crippen LogP contribution in [0.2, 0.25) is 5.02 Å². The van der Waals surface area contributed by atoms with Crippen LogP contribution in [0.25, 0.3) is 22.3 Å². The van der Waals surface area contributed by atoms with Gasteiger partial charge in [0.1, 0.15) is 17.6 Å². The molecule has 5 heterocycles. The van der Waals surface area contributed by atoms with Crippen LogP contribution in [-0.4, -0.2) is 104 Å². The third-order valence-corrected chi connectivity index (χ3v) is 10.5. The fourth-order valence-corrected chi connectivity index (χ4v) is 7.32. The number of carbonyl (C=O) groups is 2. The van der Waals surface area contributed by atoms with Crippen molar-refractivity contribution in [3.8, 4) is 29.4 Å². The normalized spacial score (nSPS) is 20.9. The number of carboxylic acids is 1. The minimum Gasteiger partial charge on any atom is -0.479 e. The van der Waals surface area contributed by atoms with E-state index in [1.807, 2.05) is 0 Å². The maximum atomic E-state index is 13.9. The summed E-state index contributed by atoms with van der Waals surface area (Å²) < 4.78 is 40.7. The van der Waals surface area contributed by atoms with Gasteiger partial charge in [-0.25, -0.2) is 28.0 Å². The summed E-state index contributed by atoms with van der Waals surface area (Å²) in [6.07, 6.45) is 8.86. The molecule has 252 valence electrons. The smallest absolute Gasteiger partial charge is 0.334 e. The lowest BCUT2D eigenvalue weighted by Crippen LogP contribution is -2.64. The van der Waals surface area contributed by atoms with E-state index in [1.165, 1.54) is 39.3 Å². The van der Waals surface area contributed by atoms with Gasteiger partial charge in [0.25, 0.3) is 0 Å². The molecular formula is C31H32ClN7O8S. The van der Waals surface area contributed by atoms with Crippen LogP contribution in [0.4, 0.5) is 10.5 Å². The molecule has 2 fully saturated rings. The molecule has 0 radical (unpaired) electrons. The summed E-state index contributed by atoms with van der Waals surface area (Å²) in [4.78, 5) is 35.5. The molecule has 0 saturated carbocycles. The lowest BCUT2D eigenvalue weighted by atomic mass is 9.89. The Balaban J connectivity index is 1.27. The number of aliphatic hydroxyl groups excluding tert-OH is 1. The SMILES string of the molecule is C#CCC1(n2cc(-c3ncnc4c3ccn4C(=O)N(C)c3cc(Cl)ccc3O[C@H]3C[C@@H](O)C[C@@H](C(=O)O)O3)cn2)CN(S(=O)(=O)CC)C1. The summed E-state index contributed by atoms with van der Waals surface area (Å²) >= 11 is 6.29. The minimum absolute atomic E-state index is 0.00869. The number of ether oxygens (including phenoxy) is 2. The summed E-state index contributed by atoms with van der Waals surface area (Å²) in [6, 6.07) is 5.77. The van der Waals surface area contributed by atoms with Gasteiger partial charge in [0, 0.05) is 67.8 Å². The number of hydrogen-bond donors (Lipinski definition) is 2. The summed E-state index contributed by atoms with van der Waals surface area (Å²) in [5.41, 5.74) is 0.992. The van der Waals surface area contributed by atoms with Gasteiger partial charge in [-0.3, -0.25) is 14.1 Å². The molecule has 0 bridgehead atoms. The zero-order valence-corrected chi connectivity index (χ0v) is 27.5. The second-order valence-electron chi connectivity index (χ2n) is 11.7. The van der Waals surface area contributed by atoms with E-state index in [-0.39, 0.29) is 49.5 Å². The van der Waals surface area contributed by atoms with E-state index in [9.17, 15) is 28.2 Å². The van der Waals surface area contributed by atoms with E-state index in [0.717, 1.165) is 0 Å². The van der Waals surface area contributed by atoms with E-state index in [4.69, 9.17) is 27.5 Å². The first-order chi connectivity index (χ1) is 22.9. The number of sulfonamides is 1. The molecule has 0 unspecified atom stereocenters. The van der Waals surface area contributed by atoms with Crippen LogP contribution >= 0.6 is 11.6 Å². The molecule has 0 aliphatic carbocycles. The summed E-state index contributed by atoms with van der Waals surface area (Å²) in [7, 11) is -1.86. The van der Waals surface area contributed by atoms with Crippen molar-refractivity contribution in [1.82, 2.24) is 28.6 Å². The number of carboxylic acid groups (broad SMARTS) is 1. The highest BCUT2D eigenvalue weighted by atomic mass is 35.5. The molecule has 1 amide bonds. The Morgan fingerprint density at radius 2 is 2.02 bits per heavy atom. The Hall–Kier alpha value is -4.53. The molecule has 1 aromatic carbocycles. The number of fused-ring (bicyclic) bond motifs is 1. The van der Waals surface area contributed by atoms with Gasteiger partial charge in [-0.1, -0.05) is 11.6 Å². The molecule has 17 heteroatoms. The fourth-order valence-electron chi connectivity index (χ4n) is 5.91. The van der Waals surface area contributed by atoms with Gasteiger partial charge >= 0.3 is 12.0 Å². The number of halogens is 1. The highest BCUT2D eigenvalue weighted by molar-refractivity contribution is 7.89. The van der Waals surface area contributed by atoms with Crippen LogP contribution < -0.4 is 9.64 Å². The van der Waals surface area contributed by atoms with Crippen molar-refractivity contribution >= 4 is 50.3 Å². The van der Waals surface area contributed by atoms with Gasteiger partial charge < -0.3 is 19.7 Å². The van der Waals surface area contributed by atoms with E-state index in [2.05, 4.69) is 21.0 Å². The molecular weight excluding hydrogens is 666 g/mol. The molecule has 2 aliphatic rings. The van der Waals surface area contributed by atoms with Crippen LogP contribution in [0.15, 0.2) is 49.2 Å². The average Bonchev–Trinajstić information content (AvgIpc) is 3.70. The first-order valence-corrected chi connectivity index (χ1v) is 16.9. The minimum atomic E-state index is -3.37. The van der Waals surface area contributed by atoms with Crippen molar-refractivity contribution in [2.75, 3.05) is 30.8 Å². The third-order valence-electron chi connectivity index (χ3n) is 8.53. The predicted molar refractivity (Wildman–Crippen MR) is 174 cm³/mol. The number of aliphatic carboxylic acids is 1. The van der Waals surface area contributed by atoms with Gasteiger partial charge in [-0.2, -0.15) is 9.40 Å². The number of nitrogens with zero attached hydrogens (tertiary/aromatic N) is 7. The van der Waals surface area contributed by atoms with Gasteiger partial charge in [0.2, 0.25) is 16.3 Å². The molecule has 2 saturated heterocycles. The Bertz CT molecular complexity index is 2040. The number of carbonyl (C=O) groups excluding carboxylic acids is 1. The van der Waals surface area contributed by atoms with E-state index in [1.54, 1.807) is 42.3 Å². The van der Waals surface area contributed by atoms with Crippen LogP contribution in [0.1, 0.15) is 26.2 Å².